The van der Waals surface area contributed by atoms with Crippen molar-refractivity contribution >= 4 is 23.5 Å². The van der Waals surface area contributed by atoms with Crippen LogP contribution in [0, 0.1) is 0 Å². The van der Waals surface area contributed by atoms with Gasteiger partial charge in [0.1, 0.15) is 6.10 Å². The number of esters is 2. The molecule has 1 unspecified atom stereocenters. The Morgan fingerprint density at radius 3 is 2.25 bits per heavy atom. The fourth-order valence-electron chi connectivity index (χ4n) is 1.71. The van der Waals surface area contributed by atoms with Crippen LogP contribution >= 0.6 is 11.6 Å². The quantitative estimate of drug-likeness (QED) is 0.312. The summed E-state index contributed by atoms with van der Waals surface area (Å²) in [6.07, 6.45) is 6.61. The molecule has 0 saturated heterocycles. The van der Waals surface area contributed by atoms with Crippen LogP contribution < -0.4 is 0 Å². The first kappa shape index (κ1) is 19.2. The summed E-state index contributed by atoms with van der Waals surface area (Å²) in [5.41, 5.74) is 0. The lowest BCUT2D eigenvalue weighted by Crippen LogP contribution is -2.24. The Hall–Kier alpha value is -0.770. The van der Waals surface area contributed by atoms with E-state index in [-0.39, 0.29) is 30.7 Å². The predicted octanol–water partition coefficient (Wildman–Crippen LogP) is 3.84. The molecule has 0 aliphatic rings. The summed E-state index contributed by atoms with van der Waals surface area (Å²) in [6, 6.07) is 0. The summed E-state index contributed by atoms with van der Waals surface area (Å²) in [6.45, 7) is 4.31. The Morgan fingerprint density at radius 2 is 1.65 bits per heavy atom. The second-order valence-electron chi connectivity index (χ2n) is 4.81. The summed E-state index contributed by atoms with van der Waals surface area (Å²) in [5.74, 6) is -0.592. The first-order valence-corrected chi connectivity index (χ1v) is 8.08. The summed E-state index contributed by atoms with van der Waals surface area (Å²) in [7, 11) is 0. The second-order valence-corrected chi connectivity index (χ2v) is 5.12. The van der Waals surface area contributed by atoms with Crippen LogP contribution in [0.4, 0.5) is 0 Å². The van der Waals surface area contributed by atoms with Gasteiger partial charge in [-0.3, -0.25) is 9.59 Å². The van der Waals surface area contributed by atoms with Crippen LogP contribution in [0.15, 0.2) is 0 Å². The van der Waals surface area contributed by atoms with Crippen LogP contribution in [-0.2, 0) is 19.1 Å². The Bertz CT molecular complexity index is 269. The van der Waals surface area contributed by atoms with Crippen molar-refractivity contribution in [2.75, 3.05) is 12.5 Å². The highest BCUT2D eigenvalue weighted by molar-refractivity contribution is 6.18. The van der Waals surface area contributed by atoms with Gasteiger partial charge in [0.2, 0.25) is 0 Å². The molecule has 0 aromatic carbocycles. The normalized spacial score (nSPS) is 11.9. The van der Waals surface area contributed by atoms with Gasteiger partial charge in [0, 0.05) is 6.42 Å². The van der Waals surface area contributed by atoms with E-state index in [9.17, 15) is 9.59 Å². The molecular formula is C15H27ClO4. The van der Waals surface area contributed by atoms with Crippen LogP contribution in [-0.4, -0.2) is 30.5 Å². The zero-order chi connectivity index (χ0) is 15.2. The summed E-state index contributed by atoms with van der Waals surface area (Å²) in [5, 5.41) is 0. The van der Waals surface area contributed by atoms with Crippen molar-refractivity contribution in [2.45, 2.75) is 71.3 Å². The van der Waals surface area contributed by atoms with E-state index in [0.29, 0.717) is 6.61 Å². The maximum absolute atomic E-state index is 11.5. The molecule has 0 bridgehead atoms. The Balaban J connectivity index is 3.62. The molecule has 0 heterocycles. The number of carbonyl (C=O) groups excluding carboxylic acids is 2. The molecule has 0 aromatic heterocycles. The molecule has 0 aromatic rings. The third kappa shape index (κ3) is 11.1. The number of halogens is 1. The molecule has 1 atom stereocenters. The molecule has 0 spiro atoms. The van der Waals surface area contributed by atoms with Crippen LogP contribution in [0.25, 0.3) is 0 Å². The molecule has 0 amide bonds. The van der Waals surface area contributed by atoms with Gasteiger partial charge in [-0.25, -0.2) is 0 Å². The van der Waals surface area contributed by atoms with Crippen LogP contribution in [0.2, 0.25) is 0 Å². The molecule has 0 fully saturated rings. The molecule has 0 aliphatic heterocycles. The van der Waals surface area contributed by atoms with Gasteiger partial charge in [0.25, 0.3) is 0 Å². The summed E-state index contributed by atoms with van der Waals surface area (Å²) < 4.78 is 10.1. The highest BCUT2D eigenvalue weighted by Gasteiger charge is 2.17. The Labute approximate surface area is 127 Å². The fraction of sp³-hybridized carbons (Fsp3) is 0.867. The zero-order valence-corrected chi connectivity index (χ0v) is 13.4. The van der Waals surface area contributed by atoms with Gasteiger partial charge in [0.05, 0.1) is 18.9 Å². The lowest BCUT2D eigenvalue weighted by Gasteiger charge is -2.14. The average Bonchev–Trinajstić information content (AvgIpc) is 2.45. The van der Waals surface area contributed by atoms with Crippen molar-refractivity contribution < 1.29 is 19.1 Å². The van der Waals surface area contributed by atoms with E-state index >= 15 is 0 Å². The van der Waals surface area contributed by atoms with E-state index in [0.717, 1.165) is 12.8 Å². The number of alkyl halides is 1. The van der Waals surface area contributed by atoms with E-state index in [4.69, 9.17) is 21.1 Å². The molecule has 20 heavy (non-hydrogen) atoms. The van der Waals surface area contributed by atoms with Crippen molar-refractivity contribution in [1.82, 2.24) is 0 Å². The predicted molar refractivity (Wildman–Crippen MR) is 79.8 cm³/mol. The smallest absolute Gasteiger partial charge is 0.309 e. The zero-order valence-electron chi connectivity index (χ0n) is 12.7. The van der Waals surface area contributed by atoms with Gasteiger partial charge < -0.3 is 9.47 Å². The largest absolute Gasteiger partial charge is 0.466 e. The van der Waals surface area contributed by atoms with Gasteiger partial charge in [0.15, 0.2) is 0 Å². The molecule has 0 rings (SSSR count). The number of rotatable bonds is 12. The Kier molecular flexibility index (Phi) is 12.7. The molecule has 0 radical (unpaired) electrons. The van der Waals surface area contributed by atoms with Crippen LogP contribution in [0.1, 0.15) is 65.2 Å². The van der Waals surface area contributed by atoms with Crippen molar-refractivity contribution in [1.29, 1.82) is 0 Å². The molecule has 5 heteroatoms. The molecule has 0 aliphatic carbocycles. The number of carbonyl (C=O) groups is 2. The van der Waals surface area contributed by atoms with Gasteiger partial charge in [-0.05, 0) is 6.42 Å². The summed E-state index contributed by atoms with van der Waals surface area (Å²) >= 11 is 5.66. The summed E-state index contributed by atoms with van der Waals surface area (Å²) in [4.78, 5) is 22.7. The molecule has 118 valence electrons. The lowest BCUT2D eigenvalue weighted by molar-refractivity contribution is -0.153. The number of ether oxygens (including phenoxy) is 2. The fourth-order valence-corrected chi connectivity index (χ4v) is 1.88. The van der Waals surface area contributed by atoms with E-state index in [2.05, 4.69) is 6.92 Å². The van der Waals surface area contributed by atoms with Gasteiger partial charge in [-0.1, -0.05) is 46.0 Å². The number of hydrogen-bond donors (Lipinski definition) is 0. The van der Waals surface area contributed by atoms with Crippen molar-refractivity contribution in [3.8, 4) is 0 Å². The van der Waals surface area contributed by atoms with E-state index in [1.165, 1.54) is 25.7 Å². The minimum Gasteiger partial charge on any atom is -0.466 e. The highest BCUT2D eigenvalue weighted by atomic mass is 35.5. The van der Waals surface area contributed by atoms with Crippen LogP contribution in [0.3, 0.4) is 0 Å². The van der Waals surface area contributed by atoms with E-state index in [1.807, 2.05) is 0 Å². The van der Waals surface area contributed by atoms with Crippen LogP contribution in [0.5, 0.6) is 0 Å². The monoisotopic (exact) mass is 306 g/mol. The van der Waals surface area contributed by atoms with Crippen molar-refractivity contribution in [3.63, 3.8) is 0 Å². The molecule has 0 saturated carbocycles. The van der Waals surface area contributed by atoms with Crippen molar-refractivity contribution in [2.24, 2.45) is 0 Å². The van der Waals surface area contributed by atoms with Gasteiger partial charge >= 0.3 is 11.9 Å². The lowest BCUT2D eigenvalue weighted by atomic mass is 10.1. The molecular weight excluding hydrogens is 280 g/mol. The first-order valence-electron chi connectivity index (χ1n) is 7.55. The third-order valence-corrected chi connectivity index (χ3v) is 3.26. The van der Waals surface area contributed by atoms with E-state index < -0.39 is 6.10 Å². The SMILES string of the molecule is CCCCCCCCOC(=O)CC(CCl)OC(=O)CC. The maximum atomic E-state index is 11.5. The third-order valence-electron chi connectivity index (χ3n) is 2.91. The second kappa shape index (κ2) is 13.2. The molecule has 4 nitrogen and oxygen atoms in total. The molecule has 0 N–H and O–H groups in total. The minimum absolute atomic E-state index is 0.0328. The van der Waals surface area contributed by atoms with Gasteiger partial charge in [-0.2, -0.15) is 0 Å². The average molecular weight is 307 g/mol. The topological polar surface area (TPSA) is 52.6 Å². The highest BCUT2D eigenvalue weighted by Crippen LogP contribution is 2.07. The Morgan fingerprint density at radius 1 is 1.00 bits per heavy atom. The minimum atomic E-state index is -0.582. The van der Waals surface area contributed by atoms with E-state index in [1.54, 1.807) is 6.92 Å². The van der Waals surface area contributed by atoms with Crippen molar-refractivity contribution in [3.05, 3.63) is 0 Å². The number of hydrogen-bond acceptors (Lipinski definition) is 4. The number of unbranched alkanes of at least 4 members (excludes halogenated alkanes) is 5. The maximum Gasteiger partial charge on any atom is 0.309 e. The standard InChI is InChI=1S/C15H27ClO4/c1-3-5-6-7-8-9-10-19-15(18)11-13(12-16)20-14(17)4-2/h13H,3-12H2,1-2H3. The first-order chi connectivity index (χ1) is 9.63. The van der Waals surface area contributed by atoms with Gasteiger partial charge in [-0.15, -0.1) is 11.6 Å².